The van der Waals surface area contributed by atoms with Crippen molar-refractivity contribution in [1.29, 1.82) is 5.26 Å². The predicted octanol–water partition coefficient (Wildman–Crippen LogP) is 4.96. The van der Waals surface area contributed by atoms with Crippen LogP contribution in [0, 0.1) is 24.1 Å². The highest BCUT2D eigenvalue weighted by molar-refractivity contribution is 7.19. The Bertz CT molecular complexity index is 1670. The molecule has 0 aliphatic carbocycles. The van der Waals surface area contributed by atoms with E-state index in [4.69, 9.17) is 18.9 Å². The molecule has 0 saturated carbocycles. The minimum absolute atomic E-state index is 0.145. The molecule has 4 rings (SSSR count). The Kier molecular flexibility index (Phi) is 9.49. The fourth-order valence-electron chi connectivity index (χ4n) is 5.08. The van der Waals surface area contributed by atoms with Crippen molar-refractivity contribution in [3.8, 4) is 11.8 Å². The number of fused-ring (bicyclic) bond motifs is 1. The van der Waals surface area contributed by atoms with E-state index >= 15 is 0 Å². The van der Waals surface area contributed by atoms with Crippen molar-refractivity contribution < 1.29 is 28.1 Å². The van der Waals surface area contributed by atoms with Crippen LogP contribution in [0.5, 0.6) is 5.75 Å². The normalized spacial score (nSPS) is 15.3. The van der Waals surface area contributed by atoms with Gasteiger partial charge in [-0.15, -0.1) is 11.3 Å². The summed E-state index contributed by atoms with van der Waals surface area (Å²) in [5, 5.41) is 9.96. The Hall–Kier alpha value is -3.53. The maximum absolute atomic E-state index is 14.7. The van der Waals surface area contributed by atoms with E-state index in [1.165, 1.54) is 36.6 Å². The van der Waals surface area contributed by atoms with Crippen molar-refractivity contribution in [1.82, 2.24) is 9.13 Å². The van der Waals surface area contributed by atoms with Crippen molar-refractivity contribution in [2.45, 2.75) is 91.2 Å². The van der Waals surface area contributed by atoms with Crippen LogP contribution in [-0.2, 0) is 31.1 Å². The van der Waals surface area contributed by atoms with E-state index < -0.39 is 40.3 Å². The summed E-state index contributed by atoms with van der Waals surface area (Å²) in [5.41, 5.74) is -3.27. The largest absolute Gasteiger partial charge is 0.493 e. The quantitative estimate of drug-likeness (QED) is 0.310. The monoisotopic (exact) mass is 615 g/mol. The number of hydrogen-bond donors (Lipinski definition) is 0. The number of halogens is 1. The third kappa shape index (κ3) is 6.69. The van der Waals surface area contributed by atoms with Crippen LogP contribution < -0.4 is 16.0 Å². The van der Waals surface area contributed by atoms with Gasteiger partial charge in [0.15, 0.2) is 0 Å². The minimum atomic E-state index is -1.70. The number of aromatic nitrogens is 2. The molecule has 3 heterocycles. The summed E-state index contributed by atoms with van der Waals surface area (Å²) >= 11 is 1.01. The van der Waals surface area contributed by atoms with Gasteiger partial charge in [0.25, 0.3) is 5.56 Å². The molecule has 0 spiro atoms. The van der Waals surface area contributed by atoms with Crippen molar-refractivity contribution >= 4 is 27.5 Å². The summed E-state index contributed by atoms with van der Waals surface area (Å²) in [7, 11) is 0. The molecule has 1 unspecified atom stereocenters. The van der Waals surface area contributed by atoms with Crippen molar-refractivity contribution in [3.63, 3.8) is 0 Å². The van der Waals surface area contributed by atoms with E-state index in [1.54, 1.807) is 27.7 Å². The van der Waals surface area contributed by atoms with Gasteiger partial charge in [0.05, 0.1) is 24.6 Å². The molecule has 3 aromatic rings. The van der Waals surface area contributed by atoms with Gasteiger partial charge in [-0.1, -0.05) is 0 Å². The Morgan fingerprint density at radius 3 is 2.49 bits per heavy atom. The topological polar surface area (TPSA) is 122 Å². The number of hydrogen-bond acceptors (Lipinski definition) is 9. The fourth-order valence-corrected chi connectivity index (χ4v) is 6.18. The van der Waals surface area contributed by atoms with Gasteiger partial charge in [-0.25, -0.2) is 18.5 Å². The molecule has 1 aromatic carbocycles. The zero-order valence-corrected chi connectivity index (χ0v) is 26.4. The third-order valence-corrected chi connectivity index (χ3v) is 8.48. The van der Waals surface area contributed by atoms with Crippen LogP contribution in [0.1, 0.15) is 76.5 Å². The first-order chi connectivity index (χ1) is 20.2. The number of esters is 1. The van der Waals surface area contributed by atoms with E-state index in [-0.39, 0.29) is 27.7 Å². The van der Waals surface area contributed by atoms with E-state index in [0.717, 1.165) is 15.9 Å². The molecule has 1 fully saturated rings. The Morgan fingerprint density at radius 1 is 1.21 bits per heavy atom. The van der Waals surface area contributed by atoms with Crippen LogP contribution in [0.3, 0.4) is 0 Å². The van der Waals surface area contributed by atoms with Crippen LogP contribution in [0.4, 0.5) is 4.39 Å². The zero-order valence-electron chi connectivity index (χ0n) is 25.6. The summed E-state index contributed by atoms with van der Waals surface area (Å²) in [5.74, 6) is -0.878. The molecule has 0 radical (unpaired) electrons. The summed E-state index contributed by atoms with van der Waals surface area (Å²) in [6.07, 6.45) is 0.0699. The van der Waals surface area contributed by atoms with Gasteiger partial charge in [-0.3, -0.25) is 9.36 Å². The number of nitriles is 1. The molecule has 232 valence electrons. The highest BCUT2D eigenvalue weighted by atomic mass is 32.1. The van der Waals surface area contributed by atoms with Gasteiger partial charge in [0.1, 0.15) is 44.6 Å². The molecule has 0 N–H and O–H groups in total. The van der Waals surface area contributed by atoms with Crippen LogP contribution in [0.2, 0.25) is 0 Å². The van der Waals surface area contributed by atoms with Crippen LogP contribution in [-0.4, -0.2) is 46.6 Å². The third-order valence-electron chi connectivity index (χ3n) is 7.26. The van der Waals surface area contributed by atoms with E-state index in [2.05, 4.69) is 6.07 Å². The van der Waals surface area contributed by atoms with Crippen LogP contribution in [0.15, 0.2) is 27.8 Å². The van der Waals surface area contributed by atoms with E-state index in [9.17, 15) is 24.0 Å². The van der Waals surface area contributed by atoms with Gasteiger partial charge >= 0.3 is 11.7 Å². The standard InChI is InChI=1S/C31H38FN3O7S/c1-8-40-22-10-9-19(32)15-21(22)23(41-20-11-13-39-14-12-20)17-34-27-25(18(2)24(16-33)43-27)26(36)35(29(34)38)31(6,7)28(37)42-30(3,4)5/h9-10,15,20,23H,8,11-14,17H2,1-7H3. The van der Waals surface area contributed by atoms with E-state index in [0.29, 0.717) is 49.5 Å². The number of carbonyl (C=O) groups is 1. The maximum atomic E-state index is 14.7. The highest BCUT2D eigenvalue weighted by Gasteiger charge is 2.39. The van der Waals surface area contributed by atoms with Gasteiger partial charge in [-0.05, 0) is 85.1 Å². The molecule has 0 amide bonds. The second-order valence-electron chi connectivity index (χ2n) is 12.0. The number of carbonyl (C=O) groups excluding carboxylic acids is 1. The first-order valence-corrected chi connectivity index (χ1v) is 15.1. The van der Waals surface area contributed by atoms with E-state index in [1.807, 2.05) is 6.92 Å². The Labute approximate surface area is 253 Å². The maximum Gasteiger partial charge on any atom is 0.333 e. The molecule has 1 saturated heterocycles. The van der Waals surface area contributed by atoms with Gasteiger partial charge < -0.3 is 18.9 Å². The number of benzene rings is 1. The SMILES string of the molecule is CCOc1ccc(F)cc1C(Cn1c(=O)n(C(C)(C)C(=O)OC(C)(C)C)c(=O)c2c(C)c(C#N)sc21)OC1CCOCC1. The zero-order chi connectivity index (χ0) is 31.7. The average molecular weight is 616 g/mol. The van der Waals surface area contributed by atoms with Crippen LogP contribution in [0.25, 0.3) is 10.2 Å². The molecule has 1 atom stereocenters. The Balaban J connectivity index is 1.98. The summed E-state index contributed by atoms with van der Waals surface area (Å²) in [6, 6.07) is 6.22. The van der Waals surface area contributed by atoms with Crippen molar-refractivity contribution in [2.24, 2.45) is 0 Å². The van der Waals surface area contributed by atoms with Gasteiger partial charge in [0.2, 0.25) is 0 Å². The van der Waals surface area contributed by atoms with Gasteiger partial charge in [0, 0.05) is 18.8 Å². The summed E-state index contributed by atoms with van der Waals surface area (Å²) in [6.45, 7) is 12.6. The molecule has 10 nitrogen and oxygen atoms in total. The summed E-state index contributed by atoms with van der Waals surface area (Å²) < 4.78 is 40.3. The number of thiophene rings is 1. The van der Waals surface area contributed by atoms with Crippen LogP contribution >= 0.6 is 11.3 Å². The summed E-state index contributed by atoms with van der Waals surface area (Å²) in [4.78, 5) is 42.2. The molecular formula is C31H38FN3O7S. The minimum Gasteiger partial charge on any atom is -0.493 e. The molecule has 43 heavy (non-hydrogen) atoms. The lowest BCUT2D eigenvalue weighted by Gasteiger charge is -2.31. The molecule has 12 heteroatoms. The predicted molar refractivity (Wildman–Crippen MR) is 160 cm³/mol. The molecule has 1 aliphatic heterocycles. The van der Waals surface area contributed by atoms with Gasteiger partial charge in [-0.2, -0.15) is 5.26 Å². The first-order valence-electron chi connectivity index (χ1n) is 14.3. The second kappa shape index (κ2) is 12.6. The molecule has 0 bridgehead atoms. The number of ether oxygens (including phenoxy) is 4. The lowest BCUT2D eigenvalue weighted by molar-refractivity contribution is -0.164. The number of aryl methyl sites for hydroxylation is 1. The number of rotatable bonds is 9. The molecule has 2 aromatic heterocycles. The highest BCUT2D eigenvalue weighted by Crippen LogP contribution is 2.35. The van der Waals surface area contributed by atoms with Crippen molar-refractivity contribution in [2.75, 3.05) is 19.8 Å². The number of nitrogens with zero attached hydrogens (tertiary/aromatic N) is 3. The molecular weight excluding hydrogens is 577 g/mol. The molecule has 1 aliphatic rings. The second-order valence-corrected chi connectivity index (χ2v) is 13.0. The lowest BCUT2D eigenvalue weighted by atomic mass is 10.0. The lowest BCUT2D eigenvalue weighted by Crippen LogP contribution is -2.54. The Morgan fingerprint density at radius 2 is 1.88 bits per heavy atom. The first kappa shape index (κ1) is 32.4. The van der Waals surface area contributed by atoms with Crippen molar-refractivity contribution in [3.05, 3.63) is 60.9 Å². The smallest absolute Gasteiger partial charge is 0.333 e. The fraction of sp³-hybridized carbons (Fsp3) is 0.548. The average Bonchev–Trinajstić information content (AvgIpc) is 3.27.